The summed E-state index contributed by atoms with van der Waals surface area (Å²) in [7, 11) is 0. The molecular weight excluding hydrogens is 222 g/mol. The van der Waals surface area contributed by atoms with Gasteiger partial charge in [0, 0.05) is 23.1 Å². The molecule has 0 radical (unpaired) electrons. The standard InChI is InChI=1S/C11H13N3OS/c16-9-5-8-6-13-14(11(8)12-7-9)10-3-1-2-4-15-10/h5-7,10,16H,1-4H2. The number of nitrogens with zero attached hydrogens (tertiary/aromatic N) is 3. The van der Waals surface area contributed by atoms with E-state index in [-0.39, 0.29) is 6.23 Å². The van der Waals surface area contributed by atoms with Crippen LogP contribution in [0.3, 0.4) is 0 Å². The van der Waals surface area contributed by atoms with E-state index >= 15 is 0 Å². The van der Waals surface area contributed by atoms with Crippen molar-refractivity contribution in [2.75, 3.05) is 6.61 Å². The zero-order valence-corrected chi connectivity index (χ0v) is 9.73. The van der Waals surface area contributed by atoms with Crippen LogP contribution in [0.25, 0.3) is 11.0 Å². The number of ether oxygens (including phenoxy) is 1. The summed E-state index contributed by atoms with van der Waals surface area (Å²) in [5.41, 5.74) is 0.879. The van der Waals surface area contributed by atoms with Crippen molar-refractivity contribution in [1.29, 1.82) is 0 Å². The minimum Gasteiger partial charge on any atom is -0.356 e. The Morgan fingerprint density at radius 1 is 1.38 bits per heavy atom. The molecule has 0 spiro atoms. The van der Waals surface area contributed by atoms with Crippen LogP contribution in [-0.2, 0) is 4.74 Å². The Hall–Kier alpha value is -1.07. The summed E-state index contributed by atoms with van der Waals surface area (Å²) in [5.74, 6) is 0. The summed E-state index contributed by atoms with van der Waals surface area (Å²) >= 11 is 4.27. The van der Waals surface area contributed by atoms with Crippen molar-refractivity contribution in [2.45, 2.75) is 30.4 Å². The average molecular weight is 235 g/mol. The van der Waals surface area contributed by atoms with Gasteiger partial charge in [-0.25, -0.2) is 9.67 Å². The summed E-state index contributed by atoms with van der Waals surface area (Å²) in [5, 5.41) is 5.37. The molecule has 1 unspecified atom stereocenters. The van der Waals surface area contributed by atoms with E-state index in [1.165, 1.54) is 6.42 Å². The van der Waals surface area contributed by atoms with Gasteiger partial charge >= 0.3 is 0 Å². The van der Waals surface area contributed by atoms with E-state index in [0.717, 1.165) is 35.4 Å². The molecule has 0 saturated carbocycles. The molecule has 4 nitrogen and oxygen atoms in total. The molecule has 3 heterocycles. The predicted molar refractivity (Wildman–Crippen MR) is 63.6 cm³/mol. The molecule has 0 amide bonds. The SMILES string of the molecule is Sc1cnc2c(cnn2C2CCCCO2)c1. The van der Waals surface area contributed by atoms with E-state index in [1.54, 1.807) is 6.20 Å². The number of aromatic nitrogens is 3. The minimum atomic E-state index is 0.0458. The zero-order chi connectivity index (χ0) is 11.0. The molecule has 84 valence electrons. The third-order valence-corrected chi connectivity index (χ3v) is 3.09. The molecule has 1 aliphatic rings. The fourth-order valence-electron chi connectivity index (χ4n) is 2.06. The molecule has 1 saturated heterocycles. The molecule has 0 aliphatic carbocycles. The zero-order valence-electron chi connectivity index (χ0n) is 8.83. The van der Waals surface area contributed by atoms with Gasteiger partial charge in [-0.1, -0.05) is 0 Å². The first-order chi connectivity index (χ1) is 7.84. The van der Waals surface area contributed by atoms with Crippen LogP contribution in [0, 0.1) is 0 Å². The molecule has 3 rings (SSSR count). The molecule has 0 N–H and O–H groups in total. The van der Waals surface area contributed by atoms with Crippen LogP contribution in [0.15, 0.2) is 23.4 Å². The van der Waals surface area contributed by atoms with Crippen LogP contribution in [-0.4, -0.2) is 21.4 Å². The van der Waals surface area contributed by atoms with Gasteiger partial charge in [-0.3, -0.25) is 0 Å². The average Bonchev–Trinajstić information content (AvgIpc) is 2.73. The third kappa shape index (κ3) is 1.70. The third-order valence-electron chi connectivity index (χ3n) is 2.85. The second-order valence-electron chi connectivity index (χ2n) is 4.02. The van der Waals surface area contributed by atoms with Gasteiger partial charge in [-0.05, 0) is 25.3 Å². The van der Waals surface area contributed by atoms with Crippen molar-refractivity contribution in [1.82, 2.24) is 14.8 Å². The lowest BCUT2D eigenvalue weighted by Crippen LogP contribution is -2.19. The predicted octanol–water partition coefficient (Wildman–Crippen LogP) is 2.42. The largest absolute Gasteiger partial charge is 0.356 e. The fraction of sp³-hybridized carbons (Fsp3) is 0.455. The van der Waals surface area contributed by atoms with Crippen molar-refractivity contribution in [3.05, 3.63) is 18.5 Å². The lowest BCUT2D eigenvalue weighted by atomic mass is 10.2. The van der Waals surface area contributed by atoms with Crippen LogP contribution < -0.4 is 0 Å². The Kier molecular flexibility index (Phi) is 2.57. The number of hydrogen-bond acceptors (Lipinski definition) is 4. The summed E-state index contributed by atoms with van der Waals surface area (Å²) in [6, 6.07) is 1.97. The van der Waals surface area contributed by atoms with Gasteiger partial charge < -0.3 is 4.74 Å². The maximum Gasteiger partial charge on any atom is 0.160 e. The molecule has 0 bridgehead atoms. The lowest BCUT2D eigenvalue weighted by Gasteiger charge is -2.22. The minimum absolute atomic E-state index is 0.0458. The molecule has 0 aromatic carbocycles. The van der Waals surface area contributed by atoms with Crippen LogP contribution in [0.1, 0.15) is 25.5 Å². The maximum atomic E-state index is 5.70. The van der Waals surface area contributed by atoms with E-state index in [0.29, 0.717) is 0 Å². The maximum absolute atomic E-state index is 5.70. The van der Waals surface area contributed by atoms with Crippen molar-refractivity contribution < 1.29 is 4.74 Å². The number of fused-ring (bicyclic) bond motifs is 1. The van der Waals surface area contributed by atoms with Crippen LogP contribution in [0.4, 0.5) is 0 Å². The number of pyridine rings is 1. The second kappa shape index (κ2) is 4.07. The van der Waals surface area contributed by atoms with E-state index in [2.05, 4.69) is 22.7 Å². The Bertz CT molecular complexity index is 505. The van der Waals surface area contributed by atoms with E-state index in [4.69, 9.17) is 4.74 Å². The highest BCUT2D eigenvalue weighted by Crippen LogP contribution is 2.25. The monoisotopic (exact) mass is 235 g/mol. The lowest BCUT2D eigenvalue weighted by molar-refractivity contribution is -0.0370. The second-order valence-corrected chi connectivity index (χ2v) is 4.53. The van der Waals surface area contributed by atoms with Gasteiger partial charge in [0.2, 0.25) is 0 Å². The Balaban J connectivity index is 2.03. The Morgan fingerprint density at radius 2 is 2.31 bits per heavy atom. The van der Waals surface area contributed by atoms with Crippen molar-refractivity contribution in [3.8, 4) is 0 Å². The van der Waals surface area contributed by atoms with E-state index in [1.807, 2.05) is 16.9 Å². The Labute approximate surface area is 99.0 Å². The van der Waals surface area contributed by atoms with E-state index < -0.39 is 0 Å². The van der Waals surface area contributed by atoms with Crippen LogP contribution in [0.2, 0.25) is 0 Å². The highest BCUT2D eigenvalue weighted by molar-refractivity contribution is 7.80. The molecule has 5 heteroatoms. The Morgan fingerprint density at radius 3 is 3.12 bits per heavy atom. The van der Waals surface area contributed by atoms with Crippen molar-refractivity contribution in [3.63, 3.8) is 0 Å². The van der Waals surface area contributed by atoms with Crippen LogP contribution >= 0.6 is 12.6 Å². The number of thiol groups is 1. The van der Waals surface area contributed by atoms with Gasteiger partial charge in [0.15, 0.2) is 11.9 Å². The van der Waals surface area contributed by atoms with Gasteiger partial charge in [-0.2, -0.15) is 5.10 Å². The topological polar surface area (TPSA) is 39.9 Å². The summed E-state index contributed by atoms with van der Waals surface area (Å²) in [4.78, 5) is 5.22. The van der Waals surface area contributed by atoms with Crippen molar-refractivity contribution >= 4 is 23.7 Å². The summed E-state index contributed by atoms with van der Waals surface area (Å²) in [6.07, 6.45) is 6.96. The molecule has 1 aliphatic heterocycles. The molecule has 2 aromatic heterocycles. The number of hydrogen-bond donors (Lipinski definition) is 1. The molecule has 1 fully saturated rings. The van der Waals surface area contributed by atoms with Crippen molar-refractivity contribution in [2.24, 2.45) is 0 Å². The summed E-state index contributed by atoms with van der Waals surface area (Å²) < 4.78 is 7.58. The molecule has 16 heavy (non-hydrogen) atoms. The van der Waals surface area contributed by atoms with Crippen LogP contribution in [0.5, 0.6) is 0 Å². The smallest absolute Gasteiger partial charge is 0.160 e. The molecule has 1 atom stereocenters. The quantitative estimate of drug-likeness (QED) is 0.772. The normalized spacial score (nSPS) is 21.4. The highest BCUT2D eigenvalue weighted by Gasteiger charge is 2.18. The first kappa shape index (κ1) is 10.1. The van der Waals surface area contributed by atoms with Gasteiger partial charge in [0.05, 0.1) is 6.20 Å². The summed E-state index contributed by atoms with van der Waals surface area (Å²) in [6.45, 7) is 0.816. The number of rotatable bonds is 1. The highest BCUT2D eigenvalue weighted by atomic mass is 32.1. The fourth-order valence-corrected chi connectivity index (χ4v) is 2.25. The first-order valence-corrected chi connectivity index (χ1v) is 5.93. The van der Waals surface area contributed by atoms with Gasteiger partial charge in [0.25, 0.3) is 0 Å². The first-order valence-electron chi connectivity index (χ1n) is 5.48. The molecule has 2 aromatic rings. The molecular formula is C11H13N3OS. The van der Waals surface area contributed by atoms with Gasteiger partial charge in [-0.15, -0.1) is 12.6 Å². The van der Waals surface area contributed by atoms with Gasteiger partial charge in [0.1, 0.15) is 0 Å². The van der Waals surface area contributed by atoms with E-state index in [9.17, 15) is 0 Å².